The molecule has 0 radical (unpaired) electrons. The van der Waals surface area contributed by atoms with Crippen LogP contribution in [-0.2, 0) is 4.79 Å². The molecule has 0 aromatic heterocycles. The molecule has 0 aromatic carbocycles. The van der Waals surface area contributed by atoms with E-state index in [1.54, 1.807) is 0 Å². The maximum Gasteiger partial charge on any atom is 0.225 e. The van der Waals surface area contributed by atoms with Crippen LogP contribution in [0.5, 0.6) is 0 Å². The van der Waals surface area contributed by atoms with Gasteiger partial charge in [0.15, 0.2) is 0 Å². The first kappa shape index (κ1) is 14.4. The molecule has 2 heterocycles. The molecule has 2 saturated heterocycles. The third-order valence-corrected chi connectivity index (χ3v) is 5.47. The fourth-order valence-corrected chi connectivity index (χ4v) is 4.00. The largest absolute Gasteiger partial charge is 0.342 e. The number of carbonyl (C=O) groups is 1. The Morgan fingerprint density at radius 2 is 1.75 bits per heavy atom. The summed E-state index contributed by atoms with van der Waals surface area (Å²) >= 11 is 0. The molecule has 114 valence electrons. The third-order valence-electron chi connectivity index (χ3n) is 5.47. The maximum absolute atomic E-state index is 12.4. The molecule has 2 aliphatic heterocycles. The minimum atomic E-state index is 0.368. The van der Waals surface area contributed by atoms with Gasteiger partial charge >= 0.3 is 0 Å². The highest BCUT2D eigenvalue weighted by Crippen LogP contribution is 2.39. The normalized spacial score (nSPS) is 35.6. The minimum Gasteiger partial charge on any atom is -0.342 e. The standard InChI is InChI=1S/C17H30N2O/c1-14-11-16(14)17(20)19-10-6-7-15(13-19)12-18-8-4-2-3-5-9-18/h14-16H,2-13H2,1H3. The molecule has 3 nitrogen and oxygen atoms in total. The van der Waals surface area contributed by atoms with Crippen molar-refractivity contribution in [2.45, 2.75) is 51.9 Å². The smallest absolute Gasteiger partial charge is 0.225 e. The van der Waals surface area contributed by atoms with Crippen LogP contribution < -0.4 is 0 Å². The number of rotatable bonds is 3. The van der Waals surface area contributed by atoms with Gasteiger partial charge in [-0.05, 0) is 57.0 Å². The highest BCUT2D eigenvalue weighted by atomic mass is 16.2. The Kier molecular flexibility index (Phi) is 4.65. The lowest BCUT2D eigenvalue weighted by atomic mass is 9.96. The molecular weight excluding hydrogens is 248 g/mol. The van der Waals surface area contributed by atoms with Crippen molar-refractivity contribution in [3.8, 4) is 0 Å². The van der Waals surface area contributed by atoms with Crippen LogP contribution >= 0.6 is 0 Å². The monoisotopic (exact) mass is 278 g/mol. The average molecular weight is 278 g/mol. The van der Waals surface area contributed by atoms with Gasteiger partial charge in [-0.1, -0.05) is 19.8 Å². The van der Waals surface area contributed by atoms with Crippen LogP contribution in [0.3, 0.4) is 0 Å². The zero-order valence-corrected chi connectivity index (χ0v) is 13.0. The third kappa shape index (κ3) is 3.55. The molecule has 0 N–H and O–H groups in total. The van der Waals surface area contributed by atoms with Crippen LogP contribution in [-0.4, -0.2) is 48.4 Å². The van der Waals surface area contributed by atoms with Crippen molar-refractivity contribution in [1.29, 1.82) is 0 Å². The van der Waals surface area contributed by atoms with E-state index >= 15 is 0 Å². The van der Waals surface area contributed by atoms with Gasteiger partial charge in [0.1, 0.15) is 0 Å². The molecule has 3 unspecified atom stereocenters. The van der Waals surface area contributed by atoms with Crippen molar-refractivity contribution in [2.75, 3.05) is 32.7 Å². The molecule has 3 fully saturated rings. The Morgan fingerprint density at radius 3 is 2.40 bits per heavy atom. The zero-order valence-electron chi connectivity index (χ0n) is 13.0. The number of piperidine rings is 1. The predicted octanol–water partition coefficient (Wildman–Crippen LogP) is 2.76. The van der Waals surface area contributed by atoms with E-state index < -0.39 is 0 Å². The fraction of sp³-hybridized carbons (Fsp3) is 0.941. The number of nitrogens with zero attached hydrogens (tertiary/aromatic N) is 2. The van der Waals surface area contributed by atoms with Crippen LogP contribution in [0.25, 0.3) is 0 Å². The first-order valence-electron chi connectivity index (χ1n) is 8.75. The SMILES string of the molecule is CC1CC1C(=O)N1CCCC(CN2CCCCCC2)C1. The van der Waals surface area contributed by atoms with Crippen molar-refractivity contribution in [3.63, 3.8) is 0 Å². The number of carbonyl (C=O) groups excluding carboxylic acids is 1. The van der Waals surface area contributed by atoms with Crippen LogP contribution in [0.2, 0.25) is 0 Å². The van der Waals surface area contributed by atoms with Gasteiger partial charge in [0.05, 0.1) is 0 Å². The Morgan fingerprint density at radius 1 is 1.05 bits per heavy atom. The molecule has 3 aliphatic rings. The van der Waals surface area contributed by atoms with Crippen LogP contribution in [0.4, 0.5) is 0 Å². The summed E-state index contributed by atoms with van der Waals surface area (Å²) in [6.07, 6.45) is 9.22. The van der Waals surface area contributed by atoms with Gasteiger partial charge in [-0.3, -0.25) is 4.79 Å². The summed E-state index contributed by atoms with van der Waals surface area (Å²) in [4.78, 5) is 17.2. The van der Waals surface area contributed by atoms with Crippen LogP contribution in [0.15, 0.2) is 0 Å². The lowest BCUT2D eigenvalue weighted by Gasteiger charge is -2.35. The molecule has 0 spiro atoms. The summed E-state index contributed by atoms with van der Waals surface area (Å²) in [5, 5.41) is 0. The number of amides is 1. The molecule has 3 atom stereocenters. The molecule has 3 rings (SSSR count). The number of hydrogen-bond donors (Lipinski definition) is 0. The van der Waals surface area contributed by atoms with E-state index in [-0.39, 0.29) is 0 Å². The lowest BCUT2D eigenvalue weighted by Crippen LogP contribution is -2.44. The van der Waals surface area contributed by atoms with Crippen molar-refractivity contribution >= 4 is 5.91 Å². The van der Waals surface area contributed by atoms with Crippen LogP contribution in [0.1, 0.15) is 51.9 Å². The second kappa shape index (κ2) is 6.46. The quantitative estimate of drug-likeness (QED) is 0.792. The molecule has 20 heavy (non-hydrogen) atoms. The summed E-state index contributed by atoms with van der Waals surface area (Å²) < 4.78 is 0. The minimum absolute atomic E-state index is 0.368. The van der Waals surface area contributed by atoms with Gasteiger partial charge in [0, 0.05) is 25.6 Å². The average Bonchev–Trinajstić information content (AvgIpc) is 3.22. The summed E-state index contributed by atoms with van der Waals surface area (Å²) in [7, 11) is 0. The van der Waals surface area contributed by atoms with Gasteiger partial charge in [0.2, 0.25) is 5.91 Å². The lowest BCUT2D eigenvalue weighted by molar-refractivity contribution is -0.134. The fourth-order valence-electron chi connectivity index (χ4n) is 4.00. The molecule has 0 aromatic rings. The van der Waals surface area contributed by atoms with E-state index in [9.17, 15) is 4.79 Å². The van der Waals surface area contributed by atoms with Gasteiger partial charge < -0.3 is 9.80 Å². The first-order chi connectivity index (χ1) is 9.74. The van der Waals surface area contributed by atoms with E-state index in [0.29, 0.717) is 17.7 Å². The predicted molar refractivity (Wildman–Crippen MR) is 81.5 cm³/mol. The molecule has 1 amide bonds. The van der Waals surface area contributed by atoms with E-state index in [2.05, 4.69) is 16.7 Å². The van der Waals surface area contributed by atoms with E-state index in [1.807, 2.05) is 0 Å². The van der Waals surface area contributed by atoms with Crippen LogP contribution in [0, 0.1) is 17.8 Å². The molecule has 3 heteroatoms. The Hall–Kier alpha value is -0.570. The van der Waals surface area contributed by atoms with Gasteiger partial charge in [-0.2, -0.15) is 0 Å². The number of likely N-dealkylation sites (tertiary alicyclic amines) is 2. The van der Waals surface area contributed by atoms with Crippen molar-refractivity contribution in [1.82, 2.24) is 9.80 Å². The maximum atomic E-state index is 12.4. The Balaban J connectivity index is 1.48. The second-order valence-corrected chi connectivity index (χ2v) is 7.33. The van der Waals surface area contributed by atoms with Crippen molar-refractivity contribution in [3.05, 3.63) is 0 Å². The second-order valence-electron chi connectivity index (χ2n) is 7.33. The molecule has 0 bridgehead atoms. The Labute approximate surface area is 123 Å². The zero-order chi connectivity index (χ0) is 13.9. The first-order valence-corrected chi connectivity index (χ1v) is 8.75. The highest BCUT2D eigenvalue weighted by Gasteiger charge is 2.42. The van der Waals surface area contributed by atoms with Crippen molar-refractivity contribution in [2.24, 2.45) is 17.8 Å². The molecule has 1 aliphatic carbocycles. The topological polar surface area (TPSA) is 23.6 Å². The summed E-state index contributed by atoms with van der Waals surface area (Å²) in [6, 6.07) is 0. The van der Waals surface area contributed by atoms with E-state index in [0.717, 1.165) is 25.4 Å². The number of hydrogen-bond acceptors (Lipinski definition) is 2. The summed E-state index contributed by atoms with van der Waals surface area (Å²) in [5.41, 5.74) is 0. The molecule has 1 saturated carbocycles. The van der Waals surface area contributed by atoms with E-state index in [1.165, 1.54) is 58.2 Å². The summed E-state index contributed by atoms with van der Waals surface area (Å²) in [6.45, 7) is 8.04. The van der Waals surface area contributed by atoms with Gasteiger partial charge in [-0.15, -0.1) is 0 Å². The highest BCUT2D eigenvalue weighted by molar-refractivity contribution is 5.81. The molecular formula is C17H30N2O. The van der Waals surface area contributed by atoms with Gasteiger partial charge in [0.25, 0.3) is 0 Å². The van der Waals surface area contributed by atoms with E-state index in [4.69, 9.17) is 0 Å². The van der Waals surface area contributed by atoms with Gasteiger partial charge in [-0.25, -0.2) is 0 Å². The Bertz CT molecular complexity index is 336. The summed E-state index contributed by atoms with van der Waals surface area (Å²) in [5.74, 6) is 2.19. The van der Waals surface area contributed by atoms with Crippen molar-refractivity contribution < 1.29 is 4.79 Å².